The Bertz CT molecular complexity index is 1070. The van der Waals surface area contributed by atoms with Crippen LogP contribution in [0.1, 0.15) is 16.8 Å². The molecule has 1 aliphatic heterocycles. The minimum atomic E-state index is -1.13. The van der Waals surface area contributed by atoms with Gasteiger partial charge in [-0.25, -0.2) is 0 Å². The van der Waals surface area contributed by atoms with E-state index in [1.165, 1.54) is 0 Å². The zero-order chi connectivity index (χ0) is 20.5. The molecular formula is C22H25BrN2O3S. The summed E-state index contributed by atoms with van der Waals surface area (Å²) < 4.78 is 21.2. The van der Waals surface area contributed by atoms with Gasteiger partial charge in [-0.05, 0) is 46.6 Å². The zero-order valence-corrected chi connectivity index (χ0v) is 19.1. The largest absolute Gasteiger partial charge is 0.506 e. The van der Waals surface area contributed by atoms with Crippen LogP contribution in [-0.2, 0) is 34.9 Å². The molecule has 1 unspecified atom stereocenters. The molecule has 29 heavy (non-hydrogen) atoms. The fraction of sp³-hybridized carbons (Fsp3) is 0.364. The average Bonchev–Trinajstić information content (AvgIpc) is 3.02. The van der Waals surface area contributed by atoms with Crippen molar-refractivity contribution < 1.29 is 14.1 Å². The Labute approximate surface area is 181 Å². The number of hydrogen-bond acceptors (Lipinski definition) is 4. The van der Waals surface area contributed by atoms with Crippen molar-refractivity contribution in [2.24, 2.45) is 7.05 Å². The fourth-order valence-corrected chi connectivity index (χ4v) is 5.67. The van der Waals surface area contributed by atoms with Gasteiger partial charge in [0.05, 0.1) is 34.2 Å². The van der Waals surface area contributed by atoms with Crippen molar-refractivity contribution in [1.82, 2.24) is 9.47 Å². The molecule has 0 amide bonds. The minimum Gasteiger partial charge on any atom is -0.506 e. The lowest BCUT2D eigenvalue weighted by Gasteiger charge is -2.27. The van der Waals surface area contributed by atoms with Crippen molar-refractivity contribution in [3.63, 3.8) is 0 Å². The molecular weight excluding hydrogens is 452 g/mol. The second kappa shape index (κ2) is 8.60. The predicted octanol–water partition coefficient (Wildman–Crippen LogP) is 4.09. The molecule has 2 aromatic carbocycles. The fourth-order valence-electron chi connectivity index (χ4n) is 3.85. The predicted molar refractivity (Wildman–Crippen MR) is 120 cm³/mol. The van der Waals surface area contributed by atoms with Crippen LogP contribution in [0.4, 0.5) is 0 Å². The molecule has 7 heteroatoms. The number of phenolic OH excluding ortho intramolecular Hbond substituents is 1. The third-order valence-electron chi connectivity index (χ3n) is 5.58. The van der Waals surface area contributed by atoms with E-state index in [4.69, 9.17) is 4.74 Å². The van der Waals surface area contributed by atoms with Crippen LogP contribution in [0.2, 0.25) is 0 Å². The Hall–Kier alpha value is -1.67. The summed E-state index contributed by atoms with van der Waals surface area (Å²) in [4.78, 5) is 3.16. The van der Waals surface area contributed by atoms with Gasteiger partial charge in [0.1, 0.15) is 5.75 Å². The first kappa shape index (κ1) is 20.6. The summed E-state index contributed by atoms with van der Waals surface area (Å²) in [6.45, 7) is 5.79. The first-order chi connectivity index (χ1) is 14.0. The summed E-state index contributed by atoms with van der Waals surface area (Å²) >= 11 is 3.51. The molecule has 1 aliphatic rings. The van der Waals surface area contributed by atoms with E-state index in [2.05, 4.69) is 31.5 Å². The van der Waals surface area contributed by atoms with E-state index in [1.807, 2.05) is 44.3 Å². The lowest BCUT2D eigenvalue weighted by Crippen LogP contribution is -2.35. The van der Waals surface area contributed by atoms with Gasteiger partial charge in [0.15, 0.2) is 0 Å². The normalized spacial score (nSPS) is 16.4. The molecule has 0 aliphatic carbocycles. The molecule has 5 nitrogen and oxygen atoms in total. The van der Waals surface area contributed by atoms with Gasteiger partial charge in [-0.15, -0.1) is 0 Å². The highest BCUT2D eigenvalue weighted by Gasteiger charge is 2.21. The van der Waals surface area contributed by atoms with E-state index in [9.17, 15) is 9.32 Å². The molecule has 0 saturated carbocycles. The van der Waals surface area contributed by atoms with Crippen molar-refractivity contribution >= 4 is 37.6 Å². The summed E-state index contributed by atoms with van der Waals surface area (Å²) in [6.07, 6.45) is 0. The number of fused-ring (bicyclic) bond motifs is 1. The Balaban J connectivity index is 1.71. The van der Waals surface area contributed by atoms with Gasteiger partial charge in [-0.2, -0.15) is 0 Å². The second-order valence-electron chi connectivity index (χ2n) is 7.46. The summed E-state index contributed by atoms with van der Waals surface area (Å²) in [6, 6.07) is 11.8. The van der Waals surface area contributed by atoms with Gasteiger partial charge in [0.25, 0.3) is 0 Å². The number of aromatic nitrogens is 1. The number of benzene rings is 2. The summed E-state index contributed by atoms with van der Waals surface area (Å²) in [7, 11) is 0.866. The van der Waals surface area contributed by atoms with Crippen LogP contribution >= 0.6 is 15.9 Å². The third kappa shape index (κ3) is 4.14. The van der Waals surface area contributed by atoms with Crippen LogP contribution in [0.15, 0.2) is 45.8 Å². The highest BCUT2D eigenvalue weighted by atomic mass is 79.9. The number of phenols is 1. The van der Waals surface area contributed by atoms with E-state index in [0.29, 0.717) is 30.0 Å². The van der Waals surface area contributed by atoms with E-state index in [1.54, 1.807) is 0 Å². The van der Waals surface area contributed by atoms with Crippen molar-refractivity contribution in [1.29, 1.82) is 0 Å². The lowest BCUT2D eigenvalue weighted by atomic mass is 10.1. The van der Waals surface area contributed by atoms with Gasteiger partial charge in [0.2, 0.25) is 0 Å². The van der Waals surface area contributed by atoms with E-state index in [0.717, 1.165) is 45.7 Å². The van der Waals surface area contributed by atoms with Crippen molar-refractivity contribution in [2.75, 3.05) is 26.3 Å². The SMILES string of the molecule is Cc1ccccc1S(=O)Cc1cc2c(CN3CCOCC3)c(O)c(Br)cc2n1C. The van der Waals surface area contributed by atoms with Crippen molar-refractivity contribution in [3.05, 3.63) is 57.7 Å². The summed E-state index contributed by atoms with van der Waals surface area (Å²) in [5, 5.41) is 11.8. The number of rotatable bonds is 5. The van der Waals surface area contributed by atoms with Gasteiger partial charge < -0.3 is 14.4 Å². The first-order valence-electron chi connectivity index (χ1n) is 9.68. The maximum Gasteiger partial charge on any atom is 0.135 e. The number of nitrogens with zero attached hydrogens (tertiary/aromatic N) is 2. The standard InChI is InChI=1S/C22H25BrN2O3S/c1-15-5-3-4-6-21(15)29(27)14-16-11-17-18(13-25-7-9-28-10-8-25)22(26)19(23)12-20(17)24(16)2/h3-6,11-12,26H,7-10,13-14H2,1-2H3. The molecule has 0 radical (unpaired) electrons. The monoisotopic (exact) mass is 476 g/mol. The van der Waals surface area contributed by atoms with Gasteiger partial charge >= 0.3 is 0 Å². The molecule has 154 valence electrons. The molecule has 3 aromatic rings. The maximum atomic E-state index is 13.0. The topological polar surface area (TPSA) is 54.7 Å². The smallest absolute Gasteiger partial charge is 0.135 e. The van der Waals surface area contributed by atoms with Crippen LogP contribution in [0.5, 0.6) is 5.75 Å². The van der Waals surface area contributed by atoms with Crippen molar-refractivity contribution in [2.45, 2.75) is 24.1 Å². The molecule has 1 N–H and O–H groups in total. The molecule has 0 bridgehead atoms. The molecule has 1 saturated heterocycles. The maximum absolute atomic E-state index is 13.0. The number of aryl methyl sites for hydroxylation is 2. The van der Waals surface area contributed by atoms with Gasteiger partial charge in [0, 0.05) is 53.7 Å². The number of ether oxygens (including phenoxy) is 1. The van der Waals surface area contributed by atoms with E-state index in [-0.39, 0.29) is 5.75 Å². The highest BCUT2D eigenvalue weighted by Crippen LogP contribution is 2.37. The van der Waals surface area contributed by atoms with Crippen LogP contribution in [-0.4, -0.2) is 45.1 Å². The van der Waals surface area contributed by atoms with Crippen LogP contribution in [0.25, 0.3) is 10.9 Å². The number of halogens is 1. The molecule has 0 spiro atoms. The van der Waals surface area contributed by atoms with Crippen molar-refractivity contribution in [3.8, 4) is 5.75 Å². The van der Waals surface area contributed by atoms with Gasteiger partial charge in [-0.1, -0.05) is 18.2 Å². The number of morpholine rings is 1. The number of aromatic hydroxyl groups is 1. The van der Waals surface area contributed by atoms with Crippen LogP contribution in [0.3, 0.4) is 0 Å². The molecule has 4 rings (SSSR count). The Morgan fingerprint density at radius 2 is 1.93 bits per heavy atom. The average molecular weight is 477 g/mol. The minimum absolute atomic E-state index is 0.279. The summed E-state index contributed by atoms with van der Waals surface area (Å²) in [5.74, 6) is 0.715. The Morgan fingerprint density at radius 1 is 1.21 bits per heavy atom. The molecule has 1 aromatic heterocycles. The molecule has 1 fully saturated rings. The van der Waals surface area contributed by atoms with Crippen LogP contribution < -0.4 is 0 Å². The molecule has 1 atom stereocenters. The highest BCUT2D eigenvalue weighted by molar-refractivity contribution is 9.10. The number of hydrogen-bond donors (Lipinski definition) is 1. The quantitative estimate of drug-likeness (QED) is 0.602. The second-order valence-corrected chi connectivity index (χ2v) is 9.73. The third-order valence-corrected chi connectivity index (χ3v) is 7.69. The van der Waals surface area contributed by atoms with E-state index < -0.39 is 10.8 Å². The Kier molecular flexibility index (Phi) is 6.11. The summed E-state index contributed by atoms with van der Waals surface area (Å²) in [5.41, 5.74) is 3.95. The van der Waals surface area contributed by atoms with E-state index >= 15 is 0 Å². The molecule has 2 heterocycles. The lowest BCUT2D eigenvalue weighted by molar-refractivity contribution is 0.0340. The zero-order valence-electron chi connectivity index (χ0n) is 16.7. The van der Waals surface area contributed by atoms with Crippen LogP contribution in [0, 0.1) is 6.92 Å². The van der Waals surface area contributed by atoms with Gasteiger partial charge in [-0.3, -0.25) is 9.11 Å². The first-order valence-corrected chi connectivity index (χ1v) is 11.8. The Morgan fingerprint density at radius 3 is 2.66 bits per heavy atom.